The zero-order chi connectivity index (χ0) is 15.6. The van der Waals surface area contributed by atoms with Gasteiger partial charge in [0.15, 0.2) is 11.5 Å². The maximum Gasteiger partial charge on any atom is 0.339 e. The molecule has 2 aromatic carbocycles. The van der Waals surface area contributed by atoms with Crippen LogP contribution in [0, 0.1) is 3.57 Å². The minimum Gasteiger partial charge on any atom is -0.490 e. The van der Waals surface area contributed by atoms with E-state index in [2.05, 4.69) is 22.6 Å². The van der Waals surface area contributed by atoms with Gasteiger partial charge in [-0.1, -0.05) is 6.07 Å². The molecule has 1 aliphatic rings. The average molecular weight is 432 g/mol. The second kappa shape index (κ2) is 6.33. The highest BCUT2D eigenvalue weighted by Crippen LogP contribution is 2.32. The maximum absolute atomic E-state index is 12.4. The molecule has 5 nitrogen and oxygen atoms in total. The van der Waals surface area contributed by atoms with Crippen LogP contribution in [0.25, 0.3) is 0 Å². The highest BCUT2D eigenvalue weighted by atomic mass is 127. The molecule has 0 atom stereocenters. The summed E-state index contributed by atoms with van der Waals surface area (Å²) in [5.74, 6) is 1.24. The summed E-state index contributed by atoms with van der Waals surface area (Å²) < 4.78 is 41.8. The fourth-order valence-electron chi connectivity index (χ4n) is 1.99. The van der Waals surface area contributed by atoms with Gasteiger partial charge < -0.3 is 13.7 Å². The third-order valence-electron chi connectivity index (χ3n) is 3.01. The van der Waals surface area contributed by atoms with Crippen LogP contribution in [0.5, 0.6) is 17.2 Å². The molecule has 116 valence electrons. The Bertz CT molecular complexity index is 788. The van der Waals surface area contributed by atoms with Crippen molar-refractivity contribution in [3.63, 3.8) is 0 Å². The van der Waals surface area contributed by atoms with E-state index in [0.29, 0.717) is 24.7 Å². The third-order valence-corrected chi connectivity index (χ3v) is 4.92. The number of benzene rings is 2. The van der Waals surface area contributed by atoms with Crippen LogP contribution in [-0.4, -0.2) is 21.6 Å². The van der Waals surface area contributed by atoms with E-state index in [1.54, 1.807) is 24.3 Å². The molecule has 1 aliphatic heterocycles. The van der Waals surface area contributed by atoms with Gasteiger partial charge >= 0.3 is 10.1 Å². The Morgan fingerprint density at radius 1 is 1.00 bits per heavy atom. The summed E-state index contributed by atoms with van der Waals surface area (Å²) in [4.78, 5) is 0.0376. The molecular weight excluding hydrogens is 419 g/mol. The van der Waals surface area contributed by atoms with E-state index in [-0.39, 0.29) is 10.6 Å². The van der Waals surface area contributed by atoms with Crippen molar-refractivity contribution in [2.24, 2.45) is 0 Å². The summed E-state index contributed by atoms with van der Waals surface area (Å²) in [6.45, 7) is 1.05. The molecule has 0 unspecified atom stereocenters. The summed E-state index contributed by atoms with van der Waals surface area (Å²) in [5.41, 5.74) is 0. The lowest BCUT2D eigenvalue weighted by atomic mass is 10.3. The molecule has 0 radical (unpaired) electrons. The standard InChI is InChI=1S/C15H13IO5S/c16-11-3-1-4-12(9-11)21-22(17,18)13-5-6-14-15(10-13)20-8-2-7-19-14/h1,3-6,9-10H,2,7-8H2. The highest BCUT2D eigenvalue weighted by Gasteiger charge is 2.20. The maximum atomic E-state index is 12.4. The summed E-state index contributed by atoms with van der Waals surface area (Å²) in [6, 6.07) is 11.3. The van der Waals surface area contributed by atoms with Crippen LogP contribution in [0.15, 0.2) is 47.4 Å². The minimum atomic E-state index is -3.91. The Kier molecular flexibility index (Phi) is 4.44. The first-order chi connectivity index (χ1) is 10.5. The van der Waals surface area contributed by atoms with E-state index in [4.69, 9.17) is 13.7 Å². The van der Waals surface area contributed by atoms with Crippen molar-refractivity contribution < 1.29 is 22.1 Å². The zero-order valence-electron chi connectivity index (χ0n) is 11.5. The lowest BCUT2D eigenvalue weighted by molar-refractivity contribution is 0.296. The first kappa shape index (κ1) is 15.4. The van der Waals surface area contributed by atoms with Crippen LogP contribution >= 0.6 is 22.6 Å². The van der Waals surface area contributed by atoms with Crippen molar-refractivity contribution >= 4 is 32.7 Å². The summed E-state index contributed by atoms with van der Waals surface area (Å²) >= 11 is 2.09. The Hall–Kier alpha value is -1.48. The lowest BCUT2D eigenvalue weighted by Crippen LogP contribution is -2.10. The monoisotopic (exact) mass is 432 g/mol. The van der Waals surface area contributed by atoms with E-state index >= 15 is 0 Å². The van der Waals surface area contributed by atoms with E-state index in [0.717, 1.165) is 9.99 Å². The van der Waals surface area contributed by atoms with Crippen LogP contribution in [0.1, 0.15) is 6.42 Å². The summed E-state index contributed by atoms with van der Waals surface area (Å²) in [5, 5.41) is 0. The number of hydrogen-bond acceptors (Lipinski definition) is 5. The fourth-order valence-corrected chi connectivity index (χ4v) is 3.45. The normalized spacial score (nSPS) is 14.2. The van der Waals surface area contributed by atoms with Gasteiger partial charge in [0.2, 0.25) is 0 Å². The molecular formula is C15H13IO5S. The van der Waals surface area contributed by atoms with Gasteiger partial charge in [-0.3, -0.25) is 0 Å². The van der Waals surface area contributed by atoms with Gasteiger partial charge in [-0.05, 0) is 52.9 Å². The zero-order valence-corrected chi connectivity index (χ0v) is 14.5. The van der Waals surface area contributed by atoms with Gasteiger partial charge in [-0.15, -0.1) is 0 Å². The highest BCUT2D eigenvalue weighted by molar-refractivity contribution is 14.1. The van der Waals surface area contributed by atoms with E-state index in [1.165, 1.54) is 12.1 Å². The molecule has 0 aromatic heterocycles. The van der Waals surface area contributed by atoms with Crippen molar-refractivity contribution in [3.8, 4) is 17.2 Å². The number of rotatable bonds is 3. The molecule has 0 N–H and O–H groups in total. The number of ether oxygens (including phenoxy) is 2. The molecule has 0 spiro atoms. The predicted octanol–water partition coefficient (Wildman–Crippen LogP) is 3.22. The van der Waals surface area contributed by atoms with Gasteiger partial charge in [0, 0.05) is 16.1 Å². The van der Waals surface area contributed by atoms with Crippen molar-refractivity contribution in [1.29, 1.82) is 0 Å². The minimum absolute atomic E-state index is 0.0376. The Labute approximate surface area is 142 Å². The lowest BCUT2D eigenvalue weighted by Gasteiger charge is -2.11. The summed E-state index contributed by atoms with van der Waals surface area (Å²) in [6.07, 6.45) is 0.760. The molecule has 22 heavy (non-hydrogen) atoms. The van der Waals surface area contributed by atoms with Gasteiger partial charge in [-0.2, -0.15) is 8.42 Å². The summed E-state index contributed by atoms with van der Waals surface area (Å²) in [7, 11) is -3.91. The molecule has 0 fully saturated rings. The van der Waals surface area contributed by atoms with Crippen molar-refractivity contribution in [2.45, 2.75) is 11.3 Å². The average Bonchev–Trinajstić information content (AvgIpc) is 2.71. The fraction of sp³-hybridized carbons (Fsp3) is 0.200. The van der Waals surface area contributed by atoms with Gasteiger partial charge in [0.25, 0.3) is 0 Å². The van der Waals surface area contributed by atoms with Gasteiger partial charge in [0.1, 0.15) is 10.6 Å². The number of fused-ring (bicyclic) bond motifs is 1. The molecule has 0 saturated carbocycles. The van der Waals surface area contributed by atoms with Crippen LogP contribution < -0.4 is 13.7 Å². The third kappa shape index (κ3) is 3.46. The van der Waals surface area contributed by atoms with Gasteiger partial charge in [-0.25, -0.2) is 0 Å². The SMILES string of the molecule is O=S(=O)(Oc1cccc(I)c1)c1ccc2c(c1)OCCCO2. The van der Waals surface area contributed by atoms with E-state index in [9.17, 15) is 8.42 Å². The molecule has 0 amide bonds. The molecule has 2 aromatic rings. The molecule has 0 bridgehead atoms. The first-order valence-electron chi connectivity index (χ1n) is 6.64. The van der Waals surface area contributed by atoms with E-state index < -0.39 is 10.1 Å². The molecule has 0 aliphatic carbocycles. The van der Waals surface area contributed by atoms with Crippen LogP contribution in [0.3, 0.4) is 0 Å². The van der Waals surface area contributed by atoms with Crippen LogP contribution in [0.2, 0.25) is 0 Å². The van der Waals surface area contributed by atoms with Crippen LogP contribution in [0.4, 0.5) is 0 Å². The number of halogens is 1. The largest absolute Gasteiger partial charge is 0.490 e. The number of hydrogen-bond donors (Lipinski definition) is 0. The van der Waals surface area contributed by atoms with Crippen molar-refractivity contribution in [3.05, 3.63) is 46.0 Å². The molecule has 0 saturated heterocycles. The Balaban J connectivity index is 1.90. The first-order valence-corrected chi connectivity index (χ1v) is 9.13. The molecule has 1 heterocycles. The molecule has 3 rings (SSSR count). The Morgan fingerprint density at radius 2 is 1.77 bits per heavy atom. The van der Waals surface area contributed by atoms with Crippen molar-refractivity contribution in [1.82, 2.24) is 0 Å². The second-order valence-electron chi connectivity index (χ2n) is 4.65. The van der Waals surface area contributed by atoms with Crippen LogP contribution in [-0.2, 0) is 10.1 Å². The van der Waals surface area contributed by atoms with Gasteiger partial charge in [0.05, 0.1) is 13.2 Å². The topological polar surface area (TPSA) is 61.8 Å². The smallest absolute Gasteiger partial charge is 0.339 e. The molecule has 7 heteroatoms. The predicted molar refractivity (Wildman–Crippen MR) is 89.0 cm³/mol. The van der Waals surface area contributed by atoms with E-state index in [1.807, 2.05) is 6.07 Å². The second-order valence-corrected chi connectivity index (χ2v) is 7.45. The Morgan fingerprint density at radius 3 is 2.55 bits per heavy atom. The van der Waals surface area contributed by atoms with Crippen molar-refractivity contribution in [2.75, 3.05) is 13.2 Å². The quantitative estimate of drug-likeness (QED) is 0.551.